The third-order valence-corrected chi connectivity index (χ3v) is 3.05. The maximum absolute atomic E-state index is 4.01. The summed E-state index contributed by atoms with van der Waals surface area (Å²) in [5.74, 6) is 0.799. The maximum atomic E-state index is 4.01. The second-order valence-electron chi connectivity index (χ2n) is 4.13. The van der Waals surface area contributed by atoms with Crippen LogP contribution in [0.1, 0.15) is 32.3 Å². The molecule has 1 heterocycles. The first kappa shape index (κ1) is 11.7. The Bertz CT molecular complexity index is 246. The molecule has 0 radical (unpaired) electrons. The number of aromatic nitrogens is 1. The zero-order chi connectivity index (χ0) is 10.4. The summed E-state index contributed by atoms with van der Waals surface area (Å²) in [6, 6.07) is 4.17. The summed E-state index contributed by atoms with van der Waals surface area (Å²) in [4.78, 5) is 4.62. The number of hydrogen-bond acceptors (Lipinski definition) is 1. The van der Waals surface area contributed by atoms with Gasteiger partial charge < -0.3 is 0 Å². The van der Waals surface area contributed by atoms with Crippen molar-refractivity contribution in [2.24, 2.45) is 5.92 Å². The van der Waals surface area contributed by atoms with E-state index in [2.05, 4.69) is 46.9 Å². The third-order valence-electron chi connectivity index (χ3n) is 2.26. The summed E-state index contributed by atoms with van der Waals surface area (Å²) in [6.45, 7) is 4.54. The van der Waals surface area contributed by atoms with Crippen molar-refractivity contribution in [3.8, 4) is 0 Å². The number of nitrogens with zero attached hydrogens (tertiary/aromatic N) is 1. The minimum atomic E-state index is 0.604. The predicted octanol–water partition coefficient (Wildman–Crippen LogP) is 3.82. The third kappa shape index (κ3) is 4.75. The highest BCUT2D eigenvalue weighted by molar-refractivity contribution is 9.09. The molecule has 1 unspecified atom stereocenters. The van der Waals surface area contributed by atoms with E-state index < -0.39 is 0 Å². The van der Waals surface area contributed by atoms with Gasteiger partial charge in [0.2, 0.25) is 0 Å². The van der Waals surface area contributed by atoms with Crippen LogP contribution in [0.4, 0.5) is 0 Å². The highest BCUT2D eigenvalue weighted by Gasteiger charge is 2.06. The summed E-state index contributed by atoms with van der Waals surface area (Å²) in [7, 11) is 0. The van der Waals surface area contributed by atoms with Crippen molar-refractivity contribution in [1.29, 1.82) is 0 Å². The fourth-order valence-corrected chi connectivity index (χ4v) is 2.03. The smallest absolute Gasteiger partial charge is 0.0270 e. The van der Waals surface area contributed by atoms with Crippen molar-refractivity contribution in [2.45, 2.75) is 37.9 Å². The van der Waals surface area contributed by atoms with Crippen molar-refractivity contribution in [3.05, 3.63) is 30.1 Å². The molecule has 1 atom stereocenters. The van der Waals surface area contributed by atoms with E-state index in [0.717, 1.165) is 12.3 Å². The van der Waals surface area contributed by atoms with Crippen molar-refractivity contribution < 1.29 is 0 Å². The van der Waals surface area contributed by atoms with Gasteiger partial charge in [-0.1, -0.05) is 29.8 Å². The Labute approximate surface area is 95.1 Å². The molecule has 0 aliphatic heterocycles. The molecule has 0 bridgehead atoms. The van der Waals surface area contributed by atoms with Crippen LogP contribution in [0, 0.1) is 5.92 Å². The Kier molecular flexibility index (Phi) is 5.16. The lowest BCUT2D eigenvalue weighted by molar-refractivity contribution is 0.547. The van der Waals surface area contributed by atoms with Crippen LogP contribution in [0.5, 0.6) is 0 Å². The normalized spacial score (nSPS) is 13.1. The number of rotatable bonds is 5. The summed E-state index contributed by atoms with van der Waals surface area (Å²) < 4.78 is 0. The molecule has 1 aromatic rings. The maximum Gasteiger partial charge on any atom is 0.0270 e. The first-order valence-corrected chi connectivity index (χ1v) is 6.13. The lowest BCUT2D eigenvalue weighted by Gasteiger charge is -2.11. The van der Waals surface area contributed by atoms with Crippen LogP contribution < -0.4 is 0 Å². The van der Waals surface area contributed by atoms with Gasteiger partial charge in [0.05, 0.1) is 0 Å². The van der Waals surface area contributed by atoms with E-state index in [1.807, 2.05) is 12.4 Å². The van der Waals surface area contributed by atoms with Crippen LogP contribution in [0.25, 0.3) is 0 Å². The molecule has 0 aliphatic rings. The first-order chi connectivity index (χ1) is 6.68. The van der Waals surface area contributed by atoms with Gasteiger partial charge in [-0.15, -0.1) is 0 Å². The van der Waals surface area contributed by atoms with Crippen LogP contribution in [0.15, 0.2) is 24.5 Å². The molecule has 14 heavy (non-hydrogen) atoms. The minimum Gasteiger partial charge on any atom is -0.265 e. The molecule has 1 nitrogen and oxygen atoms in total. The molecule has 0 aliphatic carbocycles. The van der Waals surface area contributed by atoms with E-state index >= 15 is 0 Å². The minimum absolute atomic E-state index is 0.604. The molecule has 78 valence electrons. The molecular weight excluding hydrogens is 238 g/mol. The van der Waals surface area contributed by atoms with Crippen molar-refractivity contribution in [2.75, 3.05) is 0 Å². The average molecular weight is 256 g/mol. The van der Waals surface area contributed by atoms with Gasteiger partial charge in [-0.05, 0) is 42.9 Å². The SMILES string of the molecule is CC(C)CCC(Br)Cc1ccncc1. The lowest BCUT2D eigenvalue weighted by Crippen LogP contribution is -2.04. The Hall–Kier alpha value is -0.370. The second kappa shape index (κ2) is 6.18. The first-order valence-electron chi connectivity index (χ1n) is 5.21. The molecule has 1 rings (SSSR count). The van der Waals surface area contributed by atoms with Gasteiger partial charge in [-0.3, -0.25) is 4.98 Å². The van der Waals surface area contributed by atoms with E-state index in [1.165, 1.54) is 18.4 Å². The Morgan fingerprint density at radius 1 is 1.21 bits per heavy atom. The molecule has 1 aromatic heterocycles. The number of pyridine rings is 1. The van der Waals surface area contributed by atoms with Gasteiger partial charge in [0.25, 0.3) is 0 Å². The summed E-state index contributed by atoms with van der Waals surface area (Å²) >= 11 is 3.72. The van der Waals surface area contributed by atoms with Gasteiger partial charge in [-0.25, -0.2) is 0 Å². The van der Waals surface area contributed by atoms with Crippen LogP contribution in [-0.2, 0) is 6.42 Å². The predicted molar refractivity (Wildman–Crippen MR) is 64.7 cm³/mol. The molecule has 0 saturated carbocycles. The monoisotopic (exact) mass is 255 g/mol. The Morgan fingerprint density at radius 3 is 2.43 bits per heavy atom. The molecule has 0 aromatic carbocycles. The number of halogens is 1. The molecule has 0 amide bonds. The van der Waals surface area contributed by atoms with Gasteiger partial charge in [-0.2, -0.15) is 0 Å². The zero-order valence-electron chi connectivity index (χ0n) is 8.91. The molecule has 0 N–H and O–H groups in total. The van der Waals surface area contributed by atoms with Crippen molar-refractivity contribution in [3.63, 3.8) is 0 Å². The van der Waals surface area contributed by atoms with Gasteiger partial charge >= 0.3 is 0 Å². The second-order valence-corrected chi connectivity index (χ2v) is 5.42. The van der Waals surface area contributed by atoms with E-state index in [1.54, 1.807) is 0 Å². The van der Waals surface area contributed by atoms with Gasteiger partial charge in [0.1, 0.15) is 0 Å². The standard InChI is InChI=1S/C12H18BrN/c1-10(2)3-4-12(13)9-11-5-7-14-8-6-11/h5-8,10,12H,3-4,9H2,1-2H3. The fraction of sp³-hybridized carbons (Fsp3) is 0.583. The number of alkyl halides is 1. The summed E-state index contributed by atoms with van der Waals surface area (Å²) in [6.07, 6.45) is 7.37. The highest BCUT2D eigenvalue weighted by atomic mass is 79.9. The van der Waals surface area contributed by atoms with Crippen molar-refractivity contribution >= 4 is 15.9 Å². The van der Waals surface area contributed by atoms with E-state index in [-0.39, 0.29) is 0 Å². The lowest BCUT2D eigenvalue weighted by atomic mass is 10.0. The van der Waals surface area contributed by atoms with E-state index in [9.17, 15) is 0 Å². The van der Waals surface area contributed by atoms with Crippen molar-refractivity contribution in [1.82, 2.24) is 4.98 Å². The Balaban J connectivity index is 2.30. The molecule has 0 spiro atoms. The molecule has 0 fully saturated rings. The average Bonchev–Trinajstić information content (AvgIpc) is 2.16. The van der Waals surface area contributed by atoms with Gasteiger partial charge in [0, 0.05) is 17.2 Å². The zero-order valence-corrected chi connectivity index (χ0v) is 10.5. The largest absolute Gasteiger partial charge is 0.265 e. The van der Waals surface area contributed by atoms with Gasteiger partial charge in [0.15, 0.2) is 0 Å². The van der Waals surface area contributed by atoms with Crippen LogP contribution >= 0.6 is 15.9 Å². The molecule has 0 saturated heterocycles. The van der Waals surface area contributed by atoms with Crippen LogP contribution in [0.3, 0.4) is 0 Å². The summed E-state index contributed by atoms with van der Waals surface area (Å²) in [5.41, 5.74) is 1.37. The fourth-order valence-electron chi connectivity index (χ4n) is 1.39. The topological polar surface area (TPSA) is 12.9 Å². The van der Waals surface area contributed by atoms with Crippen LogP contribution in [0.2, 0.25) is 0 Å². The summed E-state index contributed by atoms with van der Waals surface area (Å²) in [5, 5.41) is 0. The highest BCUT2D eigenvalue weighted by Crippen LogP contribution is 2.17. The van der Waals surface area contributed by atoms with Crippen LogP contribution in [-0.4, -0.2) is 9.81 Å². The Morgan fingerprint density at radius 2 is 1.86 bits per heavy atom. The molecule has 2 heteroatoms. The molecular formula is C12H18BrN. The van der Waals surface area contributed by atoms with E-state index in [0.29, 0.717) is 4.83 Å². The van der Waals surface area contributed by atoms with E-state index in [4.69, 9.17) is 0 Å². The quantitative estimate of drug-likeness (QED) is 0.730. The number of hydrogen-bond donors (Lipinski definition) is 0.